The molecule has 1 atom stereocenters. The van der Waals surface area contributed by atoms with E-state index in [0.717, 1.165) is 13.0 Å². The van der Waals surface area contributed by atoms with Gasteiger partial charge in [-0.05, 0) is 26.4 Å². The Bertz CT molecular complexity index is 238. The molecule has 1 unspecified atom stereocenters. The van der Waals surface area contributed by atoms with Crippen LogP contribution in [0.25, 0.3) is 0 Å². The molecule has 0 aromatic heterocycles. The number of nitrogens with zero attached hydrogens (tertiary/aromatic N) is 1. The van der Waals surface area contributed by atoms with E-state index in [0.29, 0.717) is 12.6 Å². The van der Waals surface area contributed by atoms with Gasteiger partial charge in [-0.1, -0.05) is 0 Å². The van der Waals surface area contributed by atoms with Gasteiger partial charge in [-0.2, -0.15) is 0 Å². The lowest BCUT2D eigenvalue weighted by Gasteiger charge is -2.18. The van der Waals surface area contributed by atoms with Gasteiger partial charge in [-0.3, -0.25) is 0 Å². The van der Waals surface area contributed by atoms with Crippen LogP contribution in [0.2, 0.25) is 0 Å². The van der Waals surface area contributed by atoms with E-state index >= 15 is 0 Å². The molecular weight excluding hydrogens is 176 g/mol. The molecule has 1 aliphatic heterocycles. The highest BCUT2D eigenvalue weighted by Gasteiger charge is 2.21. The molecule has 0 bridgehead atoms. The van der Waals surface area contributed by atoms with Gasteiger partial charge in [-0.15, -0.1) is 0 Å². The van der Waals surface area contributed by atoms with E-state index in [9.17, 15) is 8.42 Å². The Kier molecular flexibility index (Phi) is 3.09. The van der Waals surface area contributed by atoms with E-state index in [1.165, 1.54) is 12.7 Å². The first-order valence-electron chi connectivity index (χ1n) is 4.14. The van der Waals surface area contributed by atoms with Crippen LogP contribution in [-0.2, 0) is 10.0 Å². The molecule has 1 N–H and O–H groups in total. The van der Waals surface area contributed by atoms with Gasteiger partial charge < -0.3 is 4.90 Å². The van der Waals surface area contributed by atoms with E-state index in [4.69, 9.17) is 0 Å². The Morgan fingerprint density at radius 3 is 2.67 bits per heavy atom. The first-order valence-corrected chi connectivity index (χ1v) is 6.03. The van der Waals surface area contributed by atoms with Crippen LogP contribution in [0.3, 0.4) is 0 Å². The maximum atomic E-state index is 10.8. The second-order valence-corrected chi connectivity index (χ2v) is 5.23. The van der Waals surface area contributed by atoms with Gasteiger partial charge in [-0.25, -0.2) is 13.1 Å². The minimum Gasteiger partial charge on any atom is -0.302 e. The molecule has 0 aromatic rings. The molecule has 1 aliphatic rings. The highest BCUT2D eigenvalue weighted by molar-refractivity contribution is 7.88. The van der Waals surface area contributed by atoms with Crippen molar-refractivity contribution in [3.05, 3.63) is 0 Å². The smallest absolute Gasteiger partial charge is 0.208 e. The topological polar surface area (TPSA) is 49.4 Å². The zero-order valence-electron chi connectivity index (χ0n) is 7.58. The average molecular weight is 192 g/mol. The zero-order chi connectivity index (χ0) is 9.19. The van der Waals surface area contributed by atoms with Gasteiger partial charge in [0.15, 0.2) is 0 Å². The summed E-state index contributed by atoms with van der Waals surface area (Å²) in [6, 6.07) is 0.389. The fourth-order valence-electron chi connectivity index (χ4n) is 1.48. The van der Waals surface area contributed by atoms with E-state index in [1.807, 2.05) is 7.05 Å². The number of rotatable bonds is 3. The quantitative estimate of drug-likeness (QED) is 0.664. The summed E-state index contributed by atoms with van der Waals surface area (Å²) < 4.78 is 24.1. The number of hydrogen-bond donors (Lipinski definition) is 1. The van der Waals surface area contributed by atoms with Crippen molar-refractivity contribution in [3.63, 3.8) is 0 Å². The molecule has 72 valence electrons. The van der Waals surface area contributed by atoms with Crippen molar-refractivity contribution in [1.82, 2.24) is 9.62 Å². The molecule has 1 heterocycles. The summed E-state index contributed by atoms with van der Waals surface area (Å²) in [6.07, 6.45) is 3.47. The van der Waals surface area contributed by atoms with Crippen molar-refractivity contribution in [2.45, 2.75) is 18.9 Å². The summed E-state index contributed by atoms with van der Waals surface area (Å²) >= 11 is 0. The third-order valence-electron chi connectivity index (χ3n) is 2.25. The minimum absolute atomic E-state index is 0.389. The van der Waals surface area contributed by atoms with Crippen LogP contribution in [0.5, 0.6) is 0 Å². The highest BCUT2D eigenvalue weighted by Crippen LogP contribution is 2.13. The van der Waals surface area contributed by atoms with E-state index < -0.39 is 10.0 Å². The fraction of sp³-hybridized carbons (Fsp3) is 1.00. The van der Waals surface area contributed by atoms with Gasteiger partial charge in [0.25, 0.3) is 0 Å². The standard InChI is InChI=1S/C7H16N2O2S/c1-9-5-3-4-7(9)6-8-12(2,10)11/h7-8H,3-6H2,1-2H3. The van der Waals surface area contributed by atoms with E-state index in [2.05, 4.69) is 9.62 Å². The molecule has 0 saturated carbocycles. The van der Waals surface area contributed by atoms with Gasteiger partial charge in [0, 0.05) is 12.6 Å². The van der Waals surface area contributed by atoms with Crippen LogP contribution in [0.15, 0.2) is 0 Å². The van der Waals surface area contributed by atoms with Crippen LogP contribution < -0.4 is 4.72 Å². The second kappa shape index (κ2) is 3.72. The van der Waals surface area contributed by atoms with Crippen molar-refractivity contribution in [2.75, 3.05) is 26.4 Å². The van der Waals surface area contributed by atoms with Crippen molar-refractivity contribution >= 4 is 10.0 Å². The summed E-state index contributed by atoms with van der Waals surface area (Å²) in [6.45, 7) is 1.63. The lowest BCUT2D eigenvalue weighted by Crippen LogP contribution is -2.37. The maximum absolute atomic E-state index is 10.8. The molecule has 1 rings (SSSR count). The molecule has 12 heavy (non-hydrogen) atoms. The average Bonchev–Trinajstić information content (AvgIpc) is 2.29. The Balaban J connectivity index is 2.32. The first kappa shape index (κ1) is 9.95. The summed E-state index contributed by atoms with van der Waals surface area (Å²) in [5.41, 5.74) is 0. The molecule has 1 saturated heterocycles. The third-order valence-corrected chi connectivity index (χ3v) is 2.94. The van der Waals surface area contributed by atoms with Crippen molar-refractivity contribution < 1.29 is 8.42 Å². The summed E-state index contributed by atoms with van der Waals surface area (Å²) in [5.74, 6) is 0. The molecular formula is C7H16N2O2S. The number of hydrogen-bond acceptors (Lipinski definition) is 3. The van der Waals surface area contributed by atoms with Gasteiger partial charge >= 0.3 is 0 Å². The molecule has 0 aromatic carbocycles. The monoisotopic (exact) mass is 192 g/mol. The number of nitrogens with one attached hydrogen (secondary N) is 1. The summed E-state index contributed by atoms with van der Waals surface area (Å²) in [4.78, 5) is 2.19. The van der Waals surface area contributed by atoms with E-state index in [1.54, 1.807) is 0 Å². The molecule has 0 aliphatic carbocycles. The van der Waals surface area contributed by atoms with Crippen molar-refractivity contribution in [2.24, 2.45) is 0 Å². The Hall–Kier alpha value is -0.130. The molecule has 0 spiro atoms. The normalized spacial score (nSPS) is 26.3. The Morgan fingerprint density at radius 2 is 2.25 bits per heavy atom. The third kappa shape index (κ3) is 3.08. The van der Waals surface area contributed by atoms with Crippen LogP contribution in [-0.4, -0.2) is 45.8 Å². The predicted octanol–water partition coefficient (Wildman–Crippen LogP) is -0.370. The zero-order valence-corrected chi connectivity index (χ0v) is 8.39. The first-order chi connectivity index (χ1) is 5.49. The number of likely N-dealkylation sites (N-methyl/N-ethyl adjacent to an activating group) is 1. The predicted molar refractivity (Wildman–Crippen MR) is 48.5 cm³/mol. The lowest BCUT2D eigenvalue weighted by atomic mass is 10.2. The largest absolute Gasteiger partial charge is 0.302 e. The van der Waals surface area contributed by atoms with Gasteiger partial charge in [0.05, 0.1) is 6.26 Å². The Labute approximate surface area is 74.0 Å². The van der Waals surface area contributed by atoms with E-state index in [-0.39, 0.29) is 0 Å². The summed E-state index contributed by atoms with van der Waals surface area (Å²) in [5, 5.41) is 0. The van der Waals surface area contributed by atoms with Gasteiger partial charge in [0.1, 0.15) is 0 Å². The van der Waals surface area contributed by atoms with Crippen LogP contribution >= 0.6 is 0 Å². The number of sulfonamides is 1. The molecule has 5 heteroatoms. The van der Waals surface area contributed by atoms with Crippen LogP contribution in [0.1, 0.15) is 12.8 Å². The molecule has 1 fully saturated rings. The van der Waals surface area contributed by atoms with Crippen molar-refractivity contribution in [1.29, 1.82) is 0 Å². The molecule has 0 radical (unpaired) electrons. The SMILES string of the molecule is CN1CCCC1CNS(C)(=O)=O. The fourth-order valence-corrected chi connectivity index (χ4v) is 1.98. The lowest BCUT2D eigenvalue weighted by molar-refractivity contribution is 0.311. The number of likely N-dealkylation sites (tertiary alicyclic amines) is 1. The highest BCUT2D eigenvalue weighted by atomic mass is 32.2. The molecule has 4 nitrogen and oxygen atoms in total. The van der Waals surface area contributed by atoms with Crippen molar-refractivity contribution in [3.8, 4) is 0 Å². The minimum atomic E-state index is -3.01. The Morgan fingerprint density at radius 1 is 1.58 bits per heavy atom. The van der Waals surface area contributed by atoms with Crippen LogP contribution in [0.4, 0.5) is 0 Å². The molecule has 0 amide bonds. The van der Waals surface area contributed by atoms with Crippen LogP contribution in [0, 0.1) is 0 Å². The second-order valence-electron chi connectivity index (χ2n) is 3.40. The van der Waals surface area contributed by atoms with Gasteiger partial charge in [0.2, 0.25) is 10.0 Å². The summed E-state index contributed by atoms with van der Waals surface area (Å²) in [7, 11) is -0.982. The maximum Gasteiger partial charge on any atom is 0.208 e.